The lowest BCUT2D eigenvalue weighted by Crippen LogP contribution is -2.07. The highest BCUT2D eigenvalue weighted by Gasteiger charge is 2.18. The third kappa shape index (κ3) is 1.52. The molecule has 0 radical (unpaired) electrons. The summed E-state index contributed by atoms with van der Waals surface area (Å²) >= 11 is 0. The third-order valence-corrected chi connectivity index (χ3v) is 3.37. The molecule has 0 aliphatic heterocycles. The maximum atomic E-state index is 4.39. The van der Waals surface area contributed by atoms with Crippen LogP contribution in [-0.4, -0.2) is 14.6 Å². The van der Waals surface area contributed by atoms with E-state index in [2.05, 4.69) is 16.1 Å². The predicted octanol–water partition coefficient (Wildman–Crippen LogP) is 2.78. The molecular weight excluding hydrogens is 186 g/mol. The molecule has 0 amide bonds. The Labute approximate surface area is 89.1 Å². The van der Waals surface area contributed by atoms with Gasteiger partial charge in [-0.15, -0.1) is 0 Å². The number of aromatic nitrogens is 3. The van der Waals surface area contributed by atoms with Crippen LogP contribution < -0.4 is 0 Å². The standard InChI is InChI=1S/C12H15N3/c1-2-4-10(5-3-1)11-6-7-14-15-9-8-13-12(11)15/h6-10H,1-5H2. The molecule has 0 aromatic carbocycles. The van der Waals surface area contributed by atoms with Crippen molar-refractivity contribution in [3.05, 3.63) is 30.2 Å². The Morgan fingerprint density at radius 2 is 2.00 bits per heavy atom. The van der Waals surface area contributed by atoms with E-state index in [0.29, 0.717) is 5.92 Å². The van der Waals surface area contributed by atoms with Crippen LogP contribution in [0.5, 0.6) is 0 Å². The minimum absolute atomic E-state index is 0.701. The first-order chi connectivity index (χ1) is 7.45. The van der Waals surface area contributed by atoms with Gasteiger partial charge in [0.15, 0.2) is 5.65 Å². The fourth-order valence-electron chi connectivity index (χ4n) is 2.59. The van der Waals surface area contributed by atoms with Gasteiger partial charge in [-0.25, -0.2) is 9.50 Å². The van der Waals surface area contributed by atoms with Crippen LogP contribution in [0, 0.1) is 0 Å². The first-order valence-electron chi connectivity index (χ1n) is 5.73. The van der Waals surface area contributed by atoms with E-state index in [9.17, 15) is 0 Å². The lowest BCUT2D eigenvalue weighted by atomic mass is 9.85. The van der Waals surface area contributed by atoms with Crippen molar-refractivity contribution in [2.75, 3.05) is 0 Å². The first kappa shape index (κ1) is 8.89. The lowest BCUT2D eigenvalue weighted by Gasteiger charge is -2.21. The van der Waals surface area contributed by atoms with Gasteiger partial charge in [-0.05, 0) is 24.8 Å². The number of fused-ring (bicyclic) bond motifs is 1. The molecule has 2 aromatic rings. The molecule has 2 heterocycles. The molecule has 3 nitrogen and oxygen atoms in total. The fraction of sp³-hybridized carbons (Fsp3) is 0.500. The highest BCUT2D eigenvalue weighted by molar-refractivity contribution is 5.48. The van der Waals surface area contributed by atoms with E-state index < -0.39 is 0 Å². The van der Waals surface area contributed by atoms with Gasteiger partial charge in [0.2, 0.25) is 0 Å². The molecule has 78 valence electrons. The van der Waals surface area contributed by atoms with Crippen molar-refractivity contribution in [1.82, 2.24) is 14.6 Å². The molecule has 0 spiro atoms. The summed E-state index contributed by atoms with van der Waals surface area (Å²) in [6.07, 6.45) is 12.4. The highest BCUT2D eigenvalue weighted by atomic mass is 15.2. The average molecular weight is 201 g/mol. The number of imidazole rings is 1. The van der Waals surface area contributed by atoms with Gasteiger partial charge in [-0.3, -0.25) is 0 Å². The van der Waals surface area contributed by atoms with E-state index in [1.807, 2.05) is 23.1 Å². The van der Waals surface area contributed by atoms with Crippen molar-refractivity contribution < 1.29 is 0 Å². The summed E-state index contributed by atoms with van der Waals surface area (Å²) in [5.41, 5.74) is 2.43. The number of hydrogen-bond donors (Lipinski definition) is 0. The van der Waals surface area contributed by atoms with Gasteiger partial charge in [0.1, 0.15) is 0 Å². The smallest absolute Gasteiger partial charge is 0.156 e. The molecule has 0 N–H and O–H groups in total. The Kier molecular flexibility index (Phi) is 2.16. The first-order valence-corrected chi connectivity index (χ1v) is 5.73. The molecule has 2 aromatic heterocycles. The Hall–Kier alpha value is -1.38. The molecule has 15 heavy (non-hydrogen) atoms. The summed E-state index contributed by atoms with van der Waals surface area (Å²) in [5, 5.41) is 4.25. The monoisotopic (exact) mass is 201 g/mol. The average Bonchev–Trinajstić information content (AvgIpc) is 2.78. The summed E-state index contributed by atoms with van der Waals surface area (Å²) in [7, 11) is 0. The molecule has 1 fully saturated rings. The second-order valence-electron chi connectivity index (χ2n) is 4.32. The van der Waals surface area contributed by atoms with Gasteiger partial charge in [-0.1, -0.05) is 19.3 Å². The summed E-state index contributed by atoms with van der Waals surface area (Å²) < 4.78 is 1.88. The Balaban J connectivity index is 2.05. The largest absolute Gasteiger partial charge is 0.235 e. The summed E-state index contributed by atoms with van der Waals surface area (Å²) in [5.74, 6) is 0.701. The minimum atomic E-state index is 0.701. The summed E-state index contributed by atoms with van der Waals surface area (Å²) in [6, 6.07) is 2.14. The molecule has 0 atom stereocenters. The van der Waals surface area contributed by atoms with Crippen LogP contribution in [-0.2, 0) is 0 Å². The van der Waals surface area contributed by atoms with Crippen molar-refractivity contribution in [3.8, 4) is 0 Å². The van der Waals surface area contributed by atoms with Gasteiger partial charge in [0, 0.05) is 24.2 Å². The maximum absolute atomic E-state index is 4.39. The highest BCUT2D eigenvalue weighted by Crippen LogP contribution is 2.33. The molecule has 1 aliphatic rings. The second kappa shape index (κ2) is 3.65. The minimum Gasteiger partial charge on any atom is -0.235 e. The zero-order valence-corrected chi connectivity index (χ0v) is 8.76. The molecule has 0 bridgehead atoms. The number of rotatable bonds is 1. The Bertz CT molecular complexity index is 455. The predicted molar refractivity (Wildman–Crippen MR) is 58.8 cm³/mol. The molecule has 3 rings (SSSR count). The van der Waals surface area contributed by atoms with Crippen LogP contribution in [0.25, 0.3) is 5.65 Å². The number of nitrogens with zero attached hydrogens (tertiary/aromatic N) is 3. The fourth-order valence-corrected chi connectivity index (χ4v) is 2.59. The lowest BCUT2D eigenvalue weighted by molar-refractivity contribution is 0.444. The van der Waals surface area contributed by atoms with Gasteiger partial charge in [-0.2, -0.15) is 5.10 Å². The van der Waals surface area contributed by atoms with E-state index in [-0.39, 0.29) is 0 Å². The Morgan fingerprint density at radius 3 is 2.87 bits per heavy atom. The quantitative estimate of drug-likeness (QED) is 0.710. The van der Waals surface area contributed by atoms with E-state index in [1.165, 1.54) is 37.7 Å². The van der Waals surface area contributed by atoms with Crippen LogP contribution in [0.2, 0.25) is 0 Å². The molecule has 0 saturated heterocycles. The zero-order valence-electron chi connectivity index (χ0n) is 8.76. The molecule has 3 heteroatoms. The van der Waals surface area contributed by atoms with Crippen molar-refractivity contribution in [2.24, 2.45) is 0 Å². The van der Waals surface area contributed by atoms with E-state index >= 15 is 0 Å². The van der Waals surface area contributed by atoms with Crippen molar-refractivity contribution >= 4 is 5.65 Å². The van der Waals surface area contributed by atoms with Crippen molar-refractivity contribution in [2.45, 2.75) is 38.0 Å². The van der Waals surface area contributed by atoms with Crippen LogP contribution in [0.4, 0.5) is 0 Å². The van der Waals surface area contributed by atoms with Crippen LogP contribution in [0.1, 0.15) is 43.6 Å². The zero-order chi connectivity index (χ0) is 10.1. The molecule has 0 unspecified atom stereocenters. The maximum Gasteiger partial charge on any atom is 0.156 e. The van der Waals surface area contributed by atoms with Gasteiger partial charge >= 0.3 is 0 Å². The summed E-state index contributed by atoms with van der Waals surface area (Å²) in [6.45, 7) is 0. The van der Waals surface area contributed by atoms with E-state index in [4.69, 9.17) is 0 Å². The van der Waals surface area contributed by atoms with Crippen molar-refractivity contribution in [3.63, 3.8) is 0 Å². The van der Waals surface area contributed by atoms with Crippen LogP contribution >= 0.6 is 0 Å². The topological polar surface area (TPSA) is 30.2 Å². The molecular formula is C12H15N3. The van der Waals surface area contributed by atoms with Crippen LogP contribution in [0.3, 0.4) is 0 Å². The Morgan fingerprint density at radius 1 is 1.13 bits per heavy atom. The number of hydrogen-bond acceptors (Lipinski definition) is 2. The molecule has 1 aliphatic carbocycles. The van der Waals surface area contributed by atoms with Gasteiger partial charge < -0.3 is 0 Å². The second-order valence-corrected chi connectivity index (χ2v) is 4.32. The van der Waals surface area contributed by atoms with E-state index in [1.54, 1.807) is 0 Å². The normalized spacial score (nSPS) is 18.4. The van der Waals surface area contributed by atoms with Gasteiger partial charge in [0.25, 0.3) is 0 Å². The van der Waals surface area contributed by atoms with Crippen LogP contribution in [0.15, 0.2) is 24.7 Å². The van der Waals surface area contributed by atoms with E-state index in [0.717, 1.165) is 5.65 Å². The summed E-state index contributed by atoms with van der Waals surface area (Å²) in [4.78, 5) is 4.39. The third-order valence-electron chi connectivity index (χ3n) is 3.37. The van der Waals surface area contributed by atoms with Gasteiger partial charge in [0.05, 0.1) is 0 Å². The van der Waals surface area contributed by atoms with Crippen molar-refractivity contribution in [1.29, 1.82) is 0 Å². The molecule has 1 saturated carbocycles. The SMILES string of the molecule is c1cn2nccc(C3CCCCC3)c2n1.